The summed E-state index contributed by atoms with van der Waals surface area (Å²) in [5.74, 6) is 2.49. The number of halogens is 1. The van der Waals surface area contributed by atoms with E-state index in [4.69, 9.17) is 19.9 Å². The van der Waals surface area contributed by atoms with Crippen molar-refractivity contribution in [1.82, 2.24) is 15.2 Å². The van der Waals surface area contributed by atoms with Crippen molar-refractivity contribution in [2.75, 3.05) is 26.6 Å². The van der Waals surface area contributed by atoms with Crippen LogP contribution in [0, 0.1) is 0 Å². The number of hydrogen-bond donors (Lipinski definition) is 3. The van der Waals surface area contributed by atoms with Crippen LogP contribution in [-0.4, -0.2) is 42.4 Å². The van der Waals surface area contributed by atoms with Gasteiger partial charge in [0.25, 0.3) is 0 Å². The lowest BCUT2D eigenvalue weighted by atomic mass is 10.1. The largest absolute Gasteiger partial charge is 0.493 e. The van der Waals surface area contributed by atoms with Gasteiger partial charge in [0.2, 0.25) is 11.7 Å². The van der Waals surface area contributed by atoms with Gasteiger partial charge >= 0.3 is 0 Å². The van der Waals surface area contributed by atoms with Crippen LogP contribution in [0.2, 0.25) is 0 Å². The number of anilines is 1. The highest BCUT2D eigenvalue weighted by Gasteiger charge is 2.15. The summed E-state index contributed by atoms with van der Waals surface area (Å²) in [6.45, 7) is 0.294. The quantitative estimate of drug-likeness (QED) is 0.498. The smallest absolute Gasteiger partial charge is 0.228 e. The van der Waals surface area contributed by atoms with Gasteiger partial charge in [-0.05, 0) is 42.0 Å². The Morgan fingerprint density at radius 2 is 1.70 bits per heavy atom. The topological polar surface area (TPSA) is 124 Å². The molecular weight excluding hydrogens is 410 g/mol. The van der Waals surface area contributed by atoms with E-state index in [0.717, 1.165) is 11.1 Å². The molecule has 0 spiro atoms. The molecule has 3 aromatic rings. The first-order valence-electron chi connectivity index (χ1n) is 8.88. The second kappa shape index (κ2) is 10.5. The van der Waals surface area contributed by atoms with Crippen LogP contribution >= 0.6 is 12.4 Å². The van der Waals surface area contributed by atoms with Crippen LogP contribution in [0.4, 0.5) is 5.69 Å². The first kappa shape index (κ1) is 23.0. The Labute approximate surface area is 180 Å². The molecule has 3 rings (SSSR count). The molecule has 0 unspecified atom stereocenters. The van der Waals surface area contributed by atoms with Crippen LogP contribution in [0.1, 0.15) is 11.4 Å². The zero-order valence-corrected chi connectivity index (χ0v) is 17.7. The number of ether oxygens (including phenoxy) is 3. The number of nitrogens with one attached hydrogen (secondary N) is 2. The Morgan fingerprint density at radius 3 is 2.20 bits per heavy atom. The van der Waals surface area contributed by atoms with Gasteiger partial charge in [-0.25, -0.2) is 4.98 Å². The Kier molecular flexibility index (Phi) is 8.02. The van der Waals surface area contributed by atoms with Crippen molar-refractivity contribution in [2.45, 2.75) is 13.0 Å². The van der Waals surface area contributed by atoms with Crippen LogP contribution in [0.5, 0.6) is 17.2 Å². The number of benzene rings is 2. The molecule has 4 N–H and O–H groups in total. The normalized spacial score (nSPS) is 10.1. The molecule has 0 radical (unpaired) electrons. The number of carbonyl (C=O) groups is 1. The highest BCUT2D eigenvalue weighted by atomic mass is 35.5. The molecule has 160 valence electrons. The van der Waals surface area contributed by atoms with E-state index in [1.54, 1.807) is 24.3 Å². The standard InChI is InChI=1S/C20H23N5O4.ClH/c1-27-15-8-12(9-16(28-2)19(15)29-3)10-18(26)22-14-6-4-13(5-7-14)20-23-17(11-21)24-25-20;/h4-9H,10-11,21H2,1-3H3,(H,22,26)(H,23,24,25);1H. The lowest BCUT2D eigenvalue weighted by Crippen LogP contribution is -2.14. The van der Waals surface area contributed by atoms with Crippen molar-refractivity contribution < 1.29 is 19.0 Å². The van der Waals surface area contributed by atoms with Crippen molar-refractivity contribution in [2.24, 2.45) is 5.73 Å². The Bertz CT molecular complexity index is 966. The number of aromatic amines is 1. The van der Waals surface area contributed by atoms with Crippen molar-refractivity contribution in [1.29, 1.82) is 0 Å². The number of amides is 1. The molecule has 30 heavy (non-hydrogen) atoms. The van der Waals surface area contributed by atoms with Crippen LogP contribution in [0.25, 0.3) is 11.4 Å². The second-order valence-electron chi connectivity index (χ2n) is 6.15. The Hall–Kier alpha value is -3.30. The second-order valence-corrected chi connectivity index (χ2v) is 6.15. The van der Waals surface area contributed by atoms with Crippen molar-refractivity contribution in [3.05, 3.63) is 47.8 Å². The number of aromatic nitrogens is 3. The molecule has 1 heterocycles. The average molecular weight is 434 g/mol. The van der Waals surface area contributed by atoms with Crippen LogP contribution in [0.15, 0.2) is 36.4 Å². The monoisotopic (exact) mass is 433 g/mol. The number of nitrogens with zero attached hydrogens (tertiary/aromatic N) is 2. The van der Waals surface area contributed by atoms with E-state index in [9.17, 15) is 4.79 Å². The SMILES string of the molecule is COc1cc(CC(=O)Nc2ccc(-c3n[nH]c(CN)n3)cc2)cc(OC)c1OC.Cl. The molecule has 1 aromatic heterocycles. The van der Waals surface area contributed by atoms with E-state index in [2.05, 4.69) is 20.5 Å². The lowest BCUT2D eigenvalue weighted by Gasteiger charge is -2.14. The first-order valence-corrected chi connectivity index (χ1v) is 8.88. The van der Waals surface area contributed by atoms with Crippen LogP contribution in [0.3, 0.4) is 0 Å². The summed E-state index contributed by atoms with van der Waals surface area (Å²) >= 11 is 0. The average Bonchev–Trinajstić information content (AvgIpc) is 3.22. The van der Waals surface area contributed by atoms with Crippen molar-refractivity contribution in [3.8, 4) is 28.6 Å². The molecule has 0 bridgehead atoms. The summed E-state index contributed by atoms with van der Waals surface area (Å²) in [4.78, 5) is 16.7. The van der Waals surface area contributed by atoms with Gasteiger partial charge in [0.15, 0.2) is 17.3 Å². The zero-order valence-electron chi connectivity index (χ0n) is 16.9. The molecule has 0 aliphatic carbocycles. The van der Waals surface area contributed by atoms with Crippen molar-refractivity contribution >= 4 is 24.0 Å². The fourth-order valence-electron chi connectivity index (χ4n) is 2.85. The number of methoxy groups -OCH3 is 3. The molecule has 0 aliphatic rings. The van der Waals surface area contributed by atoms with Crippen LogP contribution in [-0.2, 0) is 17.8 Å². The third kappa shape index (κ3) is 5.19. The van der Waals surface area contributed by atoms with Gasteiger partial charge in [-0.2, -0.15) is 5.10 Å². The third-order valence-corrected chi connectivity index (χ3v) is 4.24. The summed E-state index contributed by atoms with van der Waals surface area (Å²) in [5, 5.41) is 9.75. The highest BCUT2D eigenvalue weighted by Crippen LogP contribution is 2.38. The predicted molar refractivity (Wildman–Crippen MR) is 115 cm³/mol. The van der Waals surface area contributed by atoms with E-state index >= 15 is 0 Å². The molecule has 2 aromatic carbocycles. The van der Waals surface area contributed by atoms with Gasteiger partial charge in [-0.3, -0.25) is 9.89 Å². The maximum atomic E-state index is 12.5. The molecule has 1 amide bonds. The molecule has 9 nitrogen and oxygen atoms in total. The maximum absolute atomic E-state index is 12.5. The van der Waals surface area contributed by atoms with Gasteiger partial charge in [-0.1, -0.05) is 0 Å². The summed E-state index contributed by atoms with van der Waals surface area (Å²) in [7, 11) is 4.60. The fourth-order valence-corrected chi connectivity index (χ4v) is 2.85. The minimum atomic E-state index is -0.171. The zero-order chi connectivity index (χ0) is 20.8. The minimum absolute atomic E-state index is 0. The number of nitrogens with two attached hydrogens (primary N) is 1. The summed E-state index contributed by atoms with van der Waals surface area (Å²) in [5.41, 5.74) is 7.76. The summed E-state index contributed by atoms with van der Waals surface area (Å²) in [6.07, 6.45) is 0.152. The van der Waals surface area contributed by atoms with Gasteiger partial charge < -0.3 is 25.3 Å². The number of rotatable bonds is 8. The van der Waals surface area contributed by atoms with E-state index in [-0.39, 0.29) is 24.7 Å². The number of hydrogen-bond acceptors (Lipinski definition) is 7. The van der Waals surface area contributed by atoms with Gasteiger partial charge in [0.1, 0.15) is 5.82 Å². The predicted octanol–water partition coefficient (Wildman–Crippen LogP) is 2.56. The lowest BCUT2D eigenvalue weighted by molar-refractivity contribution is -0.115. The molecule has 0 saturated heterocycles. The number of carbonyl (C=O) groups excluding carboxylic acids is 1. The van der Waals surface area contributed by atoms with E-state index in [1.807, 2.05) is 12.1 Å². The van der Waals surface area contributed by atoms with E-state index < -0.39 is 0 Å². The van der Waals surface area contributed by atoms with Crippen molar-refractivity contribution in [3.63, 3.8) is 0 Å². The van der Waals surface area contributed by atoms with E-state index in [1.165, 1.54) is 21.3 Å². The first-order chi connectivity index (χ1) is 14.1. The third-order valence-electron chi connectivity index (χ3n) is 4.24. The number of H-pyrrole nitrogens is 1. The summed E-state index contributed by atoms with van der Waals surface area (Å²) < 4.78 is 16.0. The molecule has 0 saturated carbocycles. The van der Waals surface area contributed by atoms with Gasteiger partial charge in [0.05, 0.1) is 34.3 Å². The Balaban J connectivity index is 0.00000320. The molecule has 0 fully saturated rings. The van der Waals surface area contributed by atoms with Gasteiger partial charge in [-0.15, -0.1) is 12.4 Å². The Morgan fingerprint density at radius 1 is 1.07 bits per heavy atom. The fraction of sp³-hybridized carbons (Fsp3) is 0.250. The van der Waals surface area contributed by atoms with Gasteiger partial charge in [0, 0.05) is 11.3 Å². The molecule has 0 aliphatic heterocycles. The minimum Gasteiger partial charge on any atom is -0.493 e. The highest BCUT2D eigenvalue weighted by molar-refractivity contribution is 5.92. The van der Waals surface area contributed by atoms with Crippen LogP contribution < -0.4 is 25.3 Å². The molecular formula is C20H24ClN5O4. The molecule has 0 atom stereocenters. The van der Waals surface area contributed by atoms with E-state index in [0.29, 0.717) is 41.1 Å². The maximum Gasteiger partial charge on any atom is 0.228 e. The molecule has 10 heteroatoms. The summed E-state index contributed by atoms with van der Waals surface area (Å²) in [6, 6.07) is 10.8.